The van der Waals surface area contributed by atoms with E-state index in [0.29, 0.717) is 12.1 Å². The van der Waals surface area contributed by atoms with Crippen LogP contribution in [0.1, 0.15) is 25.8 Å². The smallest absolute Gasteiger partial charge is 0.240 e. The van der Waals surface area contributed by atoms with Crippen LogP contribution >= 0.6 is 0 Å². The van der Waals surface area contributed by atoms with Crippen LogP contribution in [-0.2, 0) is 21.2 Å². The molecular weight excluding hydrogens is 324 g/mol. The summed E-state index contributed by atoms with van der Waals surface area (Å²) in [5, 5.41) is 2.77. The minimum Gasteiger partial charge on any atom is -0.326 e. The highest BCUT2D eigenvalue weighted by atomic mass is 32.2. The number of nitrogens with one attached hydrogen (secondary N) is 2. The average molecular weight is 346 g/mol. The van der Waals surface area contributed by atoms with Crippen molar-refractivity contribution in [3.05, 3.63) is 60.2 Å². The second-order valence-electron chi connectivity index (χ2n) is 5.67. The Hall–Kier alpha value is -2.18. The van der Waals surface area contributed by atoms with Crippen molar-refractivity contribution in [1.29, 1.82) is 0 Å². The summed E-state index contributed by atoms with van der Waals surface area (Å²) in [5.41, 5.74) is 1.49. The molecule has 0 fully saturated rings. The van der Waals surface area contributed by atoms with Crippen LogP contribution in [0.2, 0.25) is 0 Å². The number of amides is 1. The van der Waals surface area contributed by atoms with Crippen LogP contribution in [0.3, 0.4) is 0 Å². The highest BCUT2D eigenvalue weighted by Gasteiger charge is 2.16. The van der Waals surface area contributed by atoms with E-state index in [1.165, 1.54) is 12.1 Å². The van der Waals surface area contributed by atoms with Gasteiger partial charge < -0.3 is 5.32 Å². The van der Waals surface area contributed by atoms with Gasteiger partial charge in [-0.25, -0.2) is 13.1 Å². The summed E-state index contributed by atoms with van der Waals surface area (Å²) in [6, 6.07) is 15.5. The van der Waals surface area contributed by atoms with Crippen molar-refractivity contribution in [3.63, 3.8) is 0 Å². The monoisotopic (exact) mass is 346 g/mol. The first-order chi connectivity index (χ1) is 11.4. The lowest BCUT2D eigenvalue weighted by Crippen LogP contribution is -2.31. The molecule has 0 unspecified atom stereocenters. The maximum absolute atomic E-state index is 12.2. The Bertz CT molecular complexity index is 772. The van der Waals surface area contributed by atoms with E-state index in [2.05, 4.69) is 10.0 Å². The van der Waals surface area contributed by atoms with Crippen LogP contribution in [0.4, 0.5) is 5.69 Å². The van der Waals surface area contributed by atoms with Gasteiger partial charge >= 0.3 is 0 Å². The fourth-order valence-electron chi connectivity index (χ4n) is 2.12. The van der Waals surface area contributed by atoms with E-state index >= 15 is 0 Å². The Morgan fingerprint density at radius 2 is 1.67 bits per heavy atom. The zero-order valence-corrected chi connectivity index (χ0v) is 14.6. The molecule has 0 aliphatic rings. The van der Waals surface area contributed by atoms with Gasteiger partial charge in [-0.15, -0.1) is 0 Å². The van der Waals surface area contributed by atoms with Crippen LogP contribution in [-0.4, -0.2) is 20.4 Å². The Kier molecular flexibility index (Phi) is 6.11. The summed E-state index contributed by atoms with van der Waals surface area (Å²) in [6.07, 6.45) is 0.989. The third kappa shape index (κ3) is 5.18. The highest BCUT2D eigenvalue weighted by Crippen LogP contribution is 2.15. The first-order valence-corrected chi connectivity index (χ1v) is 9.35. The fraction of sp³-hybridized carbons (Fsp3) is 0.278. The predicted octanol–water partition coefficient (Wildman–Crippen LogP) is 2.94. The molecule has 1 atom stereocenters. The van der Waals surface area contributed by atoms with Gasteiger partial charge in [-0.3, -0.25) is 4.79 Å². The zero-order chi connectivity index (χ0) is 17.6. The standard InChI is InChI=1S/C18H22N2O3S/c1-3-14(2)20-24(22,23)17-11-9-16(10-12-17)19-18(21)13-15-7-5-4-6-8-15/h4-12,14,20H,3,13H2,1-2H3,(H,19,21)/t14-/m0/s1. The van der Waals surface area contributed by atoms with Crippen LogP contribution < -0.4 is 10.0 Å². The molecule has 2 aromatic rings. The molecule has 5 nitrogen and oxygen atoms in total. The Morgan fingerprint density at radius 1 is 1.04 bits per heavy atom. The second-order valence-corrected chi connectivity index (χ2v) is 7.38. The molecule has 0 aromatic heterocycles. The van der Waals surface area contributed by atoms with Crippen LogP contribution in [0.15, 0.2) is 59.5 Å². The first kappa shape index (κ1) is 18.2. The van der Waals surface area contributed by atoms with Gasteiger partial charge in [-0.1, -0.05) is 37.3 Å². The van der Waals surface area contributed by atoms with Crippen molar-refractivity contribution in [1.82, 2.24) is 4.72 Å². The number of rotatable bonds is 7. The molecule has 1 amide bonds. The maximum Gasteiger partial charge on any atom is 0.240 e. The van der Waals surface area contributed by atoms with Gasteiger partial charge in [0.05, 0.1) is 11.3 Å². The van der Waals surface area contributed by atoms with Crippen molar-refractivity contribution < 1.29 is 13.2 Å². The largest absolute Gasteiger partial charge is 0.326 e. The third-order valence-electron chi connectivity index (χ3n) is 3.62. The maximum atomic E-state index is 12.2. The minimum absolute atomic E-state index is 0.125. The summed E-state index contributed by atoms with van der Waals surface area (Å²) in [5.74, 6) is -0.144. The number of carbonyl (C=O) groups excluding carboxylic acids is 1. The Balaban J connectivity index is 2.00. The van der Waals surface area contributed by atoms with Crippen molar-refractivity contribution in [2.45, 2.75) is 37.6 Å². The normalized spacial score (nSPS) is 12.6. The number of anilines is 1. The highest BCUT2D eigenvalue weighted by molar-refractivity contribution is 7.89. The molecule has 0 radical (unpaired) electrons. The van der Waals surface area contributed by atoms with E-state index in [9.17, 15) is 13.2 Å². The second kappa shape index (κ2) is 8.08. The van der Waals surface area contributed by atoms with Gasteiger partial charge in [-0.2, -0.15) is 0 Å². The van der Waals surface area contributed by atoms with Gasteiger partial charge in [0.2, 0.25) is 15.9 Å². The molecule has 2 aromatic carbocycles. The first-order valence-electron chi connectivity index (χ1n) is 7.87. The molecular formula is C18H22N2O3S. The van der Waals surface area contributed by atoms with Crippen molar-refractivity contribution >= 4 is 21.6 Å². The molecule has 2 N–H and O–H groups in total. The third-order valence-corrected chi connectivity index (χ3v) is 5.23. The number of carbonyl (C=O) groups is 1. The summed E-state index contributed by atoms with van der Waals surface area (Å²) < 4.78 is 27.0. The summed E-state index contributed by atoms with van der Waals surface area (Å²) >= 11 is 0. The quantitative estimate of drug-likeness (QED) is 0.809. The van der Waals surface area contributed by atoms with E-state index in [-0.39, 0.29) is 23.3 Å². The number of benzene rings is 2. The SMILES string of the molecule is CC[C@H](C)NS(=O)(=O)c1ccc(NC(=O)Cc2ccccc2)cc1. The van der Waals surface area contributed by atoms with Gasteiger partial charge in [0.1, 0.15) is 0 Å². The molecule has 0 heterocycles. The van der Waals surface area contributed by atoms with Gasteiger partial charge in [0.15, 0.2) is 0 Å². The number of hydrogen-bond acceptors (Lipinski definition) is 3. The van der Waals surface area contributed by atoms with E-state index < -0.39 is 10.0 Å². The van der Waals surface area contributed by atoms with Crippen LogP contribution in [0, 0.1) is 0 Å². The lowest BCUT2D eigenvalue weighted by molar-refractivity contribution is -0.115. The molecule has 0 saturated heterocycles. The molecule has 0 spiro atoms. The van der Waals surface area contributed by atoms with Crippen molar-refractivity contribution in [3.8, 4) is 0 Å². The lowest BCUT2D eigenvalue weighted by Gasteiger charge is -2.12. The van der Waals surface area contributed by atoms with Crippen LogP contribution in [0.25, 0.3) is 0 Å². The number of sulfonamides is 1. The molecule has 0 aliphatic carbocycles. The summed E-state index contributed by atoms with van der Waals surface area (Å²) in [7, 11) is -3.53. The van der Waals surface area contributed by atoms with E-state index in [1.54, 1.807) is 12.1 Å². The molecule has 0 bridgehead atoms. The minimum atomic E-state index is -3.53. The summed E-state index contributed by atoms with van der Waals surface area (Å²) in [6.45, 7) is 3.73. The Morgan fingerprint density at radius 3 is 2.25 bits per heavy atom. The van der Waals surface area contributed by atoms with Gasteiger partial charge in [0, 0.05) is 11.7 Å². The van der Waals surface area contributed by atoms with E-state index in [1.807, 2.05) is 44.2 Å². The predicted molar refractivity (Wildman–Crippen MR) is 95.3 cm³/mol. The topological polar surface area (TPSA) is 75.3 Å². The molecule has 24 heavy (non-hydrogen) atoms. The summed E-state index contributed by atoms with van der Waals surface area (Å²) in [4.78, 5) is 12.2. The fourth-order valence-corrected chi connectivity index (χ4v) is 3.45. The van der Waals surface area contributed by atoms with E-state index in [4.69, 9.17) is 0 Å². The lowest BCUT2D eigenvalue weighted by atomic mass is 10.1. The molecule has 0 aliphatic heterocycles. The molecule has 2 rings (SSSR count). The van der Waals surface area contributed by atoms with E-state index in [0.717, 1.165) is 5.56 Å². The van der Waals surface area contributed by atoms with Crippen LogP contribution in [0.5, 0.6) is 0 Å². The average Bonchev–Trinajstić information content (AvgIpc) is 2.55. The van der Waals surface area contributed by atoms with Gasteiger partial charge in [0.25, 0.3) is 0 Å². The molecule has 128 valence electrons. The number of hydrogen-bond donors (Lipinski definition) is 2. The Labute approximate surface area is 143 Å². The van der Waals surface area contributed by atoms with Crippen molar-refractivity contribution in [2.75, 3.05) is 5.32 Å². The molecule has 6 heteroatoms. The van der Waals surface area contributed by atoms with Crippen molar-refractivity contribution in [2.24, 2.45) is 0 Å². The zero-order valence-electron chi connectivity index (χ0n) is 13.8. The van der Waals surface area contributed by atoms with Gasteiger partial charge in [-0.05, 0) is 43.2 Å². The molecule has 0 saturated carbocycles.